The summed E-state index contributed by atoms with van der Waals surface area (Å²) in [4.78, 5) is 15.6. The Balaban J connectivity index is 1.40. The van der Waals surface area contributed by atoms with Crippen LogP contribution >= 0.6 is 11.9 Å². The normalized spacial score (nSPS) is 11.0. The van der Waals surface area contributed by atoms with Crippen LogP contribution in [0.5, 0.6) is 0 Å². The van der Waals surface area contributed by atoms with Crippen molar-refractivity contribution < 1.29 is 0 Å². The Bertz CT molecular complexity index is 1670. The first-order valence-electron chi connectivity index (χ1n) is 11.7. The summed E-state index contributed by atoms with van der Waals surface area (Å²) in [7, 11) is 0. The summed E-state index contributed by atoms with van der Waals surface area (Å²) < 4.78 is 3.41. The van der Waals surface area contributed by atoms with Gasteiger partial charge < -0.3 is 10.0 Å². The molecule has 0 amide bonds. The van der Waals surface area contributed by atoms with E-state index in [9.17, 15) is 0 Å². The maximum atomic E-state index is 4.91. The molecule has 36 heavy (non-hydrogen) atoms. The lowest BCUT2D eigenvalue weighted by Gasteiger charge is -2.15. The second-order valence-electron chi connectivity index (χ2n) is 8.48. The Morgan fingerprint density at radius 1 is 0.667 bits per heavy atom. The van der Waals surface area contributed by atoms with Crippen LogP contribution < -0.4 is 10.0 Å². The van der Waals surface area contributed by atoms with Gasteiger partial charge in [-0.2, -0.15) is 0 Å². The molecule has 6 heteroatoms. The number of nitrogens with one attached hydrogen (secondary N) is 2. The fraction of sp³-hybridized carbons (Fsp3) is 0.0333. The summed E-state index contributed by atoms with van der Waals surface area (Å²) in [6, 6.07) is 34.9. The third-order valence-corrected chi connectivity index (χ3v) is 6.77. The van der Waals surface area contributed by atoms with Crippen molar-refractivity contribution in [1.29, 1.82) is 0 Å². The lowest BCUT2D eigenvalue weighted by Crippen LogP contribution is -2.03. The number of aryl methyl sites for hydroxylation is 1. The van der Waals surface area contributed by atoms with Crippen LogP contribution in [-0.4, -0.2) is 15.0 Å². The largest absolute Gasteiger partial charge is 0.335 e. The lowest BCUT2D eigenvalue weighted by atomic mass is 10.0. The van der Waals surface area contributed by atoms with E-state index in [0.717, 1.165) is 43.6 Å². The van der Waals surface area contributed by atoms with Gasteiger partial charge in [0.25, 0.3) is 0 Å². The Hall–Kier alpha value is -4.42. The van der Waals surface area contributed by atoms with Gasteiger partial charge in [0.1, 0.15) is 0 Å². The van der Waals surface area contributed by atoms with Crippen molar-refractivity contribution in [2.75, 3.05) is 10.0 Å². The molecule has 0 bridgehead atoms. The van der Waals surface area contributed by atoms with Crippen molar-refractivity contribution >= 4 is 51.2 Å². The second kappa shape index (κ2) is 9.68. The number of nitrogens with zero attached hydrogens (tertiary/aromatic N) is 3. The van der Waals surface area contributed by atoms with Crippen LogP contribution in [0.4, 0.5) is 17.3 Å². The van der Waals surface area contributed by atoms with Crippen molar-refractivity contribution in [3.05, 3.63) is 115 Å². The smallest absolute Gasteiger partial charge is 0.180 e. The molecule has 4 aromatic carbocycles. The third kappa shape index (κ3) is 4.46. The number of benzene rings is 4. The number of para-hydroxylation sites is 3. The van der Waals surface area contributed by atoms with E-state index in [0.29, 0.717) is 11.6 Å². The van der Waals surface area contributed by atoms with Crippen LogP contribution in [0.25, 0.3) is 33.1 Å². The van der Waals surface area contributed by atoms with Crippen LogP contribution in [-0.2, 0) is 0 Å². The number of anilines is 3. The predicted molar refractivity (Wildman–Crippen MR) is 151 cm³/mol. The Labute approximate surface area is 213 Å². The van der Waals surface area contributed by atoms with Gasteiger partial charge in [0, 0.05) is 16.5 Å². The number of hydrogen-bond donors (Lipinski definition) is 2. The highest BCUT2D eigenvalue weighted by molar-refractivity contribution is 8.00. The first-order valence-corrected chi connectivity index (χ1v) is 12.5. The average Bonchev–Trinajstić information content (AvgIpc) is 2.93. The van der Waals surface area contributed by atoms with E-state index in [1.807, 2.05) is 48.7 Å². The highest BCUT2D eigenvalue weighted by atomic mass is 32.2. The zero-order valence-corrected chi connectivity index (χ0v) is 20.5. The zero-order valence-electron chi connectivity index (χ0n) is 19.6. The van der Waals surface area contributed by atoms with Crippen molar-refractivity contribution in [2.45, 2.75) is 11.8 Å². The van der Waals surface area contributed by atoms with Gasteiger partial charge in [-0.25, -0.2) is 9.97 Å². The molecule has 5 nitrogen and oxygen atoms in total. The minimum atomic E-state index is 0.646. The van der Waals surface area contributed by atoms with Gasteiger partial charge in [0.2, 0.25) is 0 Å². The Kier molecular flexibility index (Phi) is 5.93. The number of pyridine rings is 1. The first-order chi connectivity index (χ1) is 17.7. The molecule has 0 unspecified atom stereocenters. The second-order valence-corrected chi connectivity index (χ2v) is 9.36. The Morgan fingerprint density at radius 3 is 2.17 bits per heavy atom. The van der Waals surface area contributed by atoms with Crippen molar-refractivity contribution in [3.63, 3.8) is 0 Å². The molecule has 0 atom stereocenters. The molecule has 0 aliphatic heterocycles. The molecule has 2 aromatic heterocycles. The maximum Gasteiger partial charge on any atom is 0.180 e. The van der Waals surface area contributed by atoms with Crippen molar-refractivity contribution in [1.82, 2.24) is 15.0 Å². The van der Waals surface area contributed by atoms with Gasteiger partial charge in [-0.1, -0.05) is 72.3 Å². The van der Waals surface area contributed by atoms with Crippen LogP contribution in [0.3, 0.4) is 0 Å². The van der Waals surface area contributed by atoms with Crippen LogP contribution in [0, 0.1) is 6.92 Å². The van der Waals surface area contributed by atoms with Crippen molar-refractivity contribution in [2.24, 2.45) is 0 Å². The van der Waals surface area contributed by atoms with E-state index in [4.69, 9.17) is 15.0 Å². The molecular formula is C30H23N5S. The molecular weight excluding hydrogens is 462 g/mol. The molecule has 2 heterocycles. The summed E-state index contributed by atoms with van der Waals surface area (Å²) in [5.41, 5.74) is 6.93. The van der Waals surface area contributed by atoms with E-state index in [1.54, 1.807) is 0 Å². The molecule has 0 radical (unpaired) electrons. The molecule has 174 valence electrons. The van der Waals surface area contributed by atoms with Gasteiger partial charge >= 0.3 is 0 Å². The maximum absolute atomic E-state index is 4.91. The highest BCUT2D eigenvalue weighted by Gasteiger charge is 2.13. The fourth-order valence-electron chi connectivity index (χ4n) is 4.15. The van der Waals surface area contributed by atoms with Crippen LogP contribution in [0.15, 0.2) is 114 Å². The number of aromatic nitrogens is 3. The standard InChI is InChI=1S/C30H23N5S/c1-20-14-16-22(17-15-20)36-35-30-29(32-25-11-5-6-12-26(25)33-30)34-27-13-7-10-24-23(18-19-31-28(24)27)21-8-3-2-4-9-21/h2-19H,1H3,(H,32,34)(H,33,35). The number of hydrogen-bond acceptors (Lipinski definition) is 6. The molecule has 6 rings (SSSR count). The van der Waals surface area contributed by atoms with Gasteiger partial charge in [0.15, 0.2) is 11.6 Å². The average molecular weight is 486 g/mol. The van der Waals surface area contributed by atoms with E-state index < -0.39 is 0 Å². The summed E-state index contributed by atoms with van der Waals surface area (Å²) in [6.07, 6.45) is 1.86. The number of fused-ring (bicyclic) bond motifs is 2. The molecule has 0 fully saturated rings. The fourth-order valence-corrected chi connectivity index (χ4v) is 4.77. The van der Waals surface area contributed by atoms with E-state index in [1.165, 1.54) is 17.5 Å². The predicted octanol–water partition coefficient (Wildman–Crippen LogP) is 8.02. The molecule has 2 N–H and O–H groups in total. The summed E-state index contributed by atoms with van der Waals surface area (Å²) >= 11 is 1.51. The van der Waals surface area contributed by atoms with Gasteiger partial charge in [-0.3, -0.25) is 4.98 Å². The molecule has 6 aromatic rings. The monoisotopic (exact) mass is 485 g/mol. The van der Waals surface area contributed by atoms with Gasteiger partial charge in [0.05, 0.1) is 22.2 Å². The number of rotatable bonds is 6. The van der Waals surface area contributed by atoms with E-state index >= 15 is 0 Å². The first kappa shape index (κ1) is 22.1. The quantitative estimate of drug-likeness (QED) is 0.233. The zero-order chi connectivity index (χ0) is 24.3. The lowest BCUT2D eigenvalue weighted by molar-refractivity contribution is 1.28. The summed E-state index contributed by atoms with van der Waals surface area (Å²) in [6.45, 7) is 2.08. The molecule has 0 spiro atoms. The summed E-state index contributed by atoms with van der Waals surface area (Å²) in [5.74, 6) is 1.31. The van der Waals surface area contributed by atoms with Crippen LogP contribution in [0.2, 0.25) is 0 Å². The third-order valence-electron chi connectivity index (χ3n) is 5.97. The molecule has 0 saturated carbocycles. The topological polar surface area (TPSA) is 62.7 Å². The molecule has 0 aliphatic carbocycles. The highest BCUT2D eigenvalue weighted by Crippen LogP contribution is 2.34. The SMILES string of the molecule is Cc1ccc(SNc2nc3ccccc3nc2Nc2cccc3c(-c4ccccc4)ccnc23)cc1. The van der Waals surface area contributed by atoms with E-state index in [-0.39, 0.29) is 0 Å². The van der Waals surface area contributed by atoms with Crippen LogP contribution in [0.1, 0.15) is 5.56 Å². The van der Waals surface area contributed by atoms with Crippen molar-refractivity contribution in [3.8, 4) is 11.1 Å². The Morgan fingerprint density at radius 2 is 1.39 bits per heavy atom. The minimum Gasteiger partial charge on any atom is -0.335 e. The van der Waals surface area contributed by atoms with Gasteiger partial charge in [-0.15, -0.1) is 0 Å². The van der Waals surface area contributed by atoms with E-state index in [2.05, 4.69) is 77.6 Å². The minimum absolute atomic E-state index is 0.646. The summed E-state index contributed by atoms with van der Waals surface area (Å²) in [5, 5.41) is 4.59. The van der Waals surface area contributed by atoms with Gasteiger partial charge in [-0.05, 0) is 66.4 Å². The molecule has 0 saturated heterocycles. The molecule has 0 aliphatic rings.